The van der Waals surface area contributed by atoms with Gasteiger partial charge in [0.2, 0.25) is 0 Å². The lowest BCUT2D eigenvalue weighted by Gasteiger charge is -2.20. The quantitative estimate of drug-likeness (QED) is 0.874. The summed E-state index contributed by atoms with van der Waals surface area (Å²) in [6.07, 6.45) is 1.10. The van der Waals surface area contributed by atoms with E-state index >= 15 is 0 Å². The van der Waals surface area contributed by atoms with Crippen molar-refractivity contribution in [2.45, 2.75) is 20.3 Å². The molecule has 0 radical (unpaired) electrons. The highest BCUT2D eigenvalue weighted by molar-refractivity contribution is 5.64. The molecule has 3 nitrogen and oxygen atoms in total. The van der Waals surface area contributed by atoms with Crippen molar-refractivity contribution in [2.24, 2.45) is 0 Å². The zero-order valence-electron chi connectivity index (χ0n) is 12.7. The van der Waals surface area contributed by atoms with E-state index in [1.807, 2.05) is 6.07 Å². The molecule has 0 saturated heterocycles. The van der Waals surface area contributed by atoms with Gasteiger partial charge in [0.25, 0.3) is 0 Å². The lowest BCUT2D eigenvalue weighted by Crippen LogP contribution is -2.26. The fourth-order valence-electron chi connectivity index (χ4n) is 2.82. The second-order valence-corrected chi connectivity index (χ2v) is 5.74. The first-order valence-electron chi connectivity index (χ1n) is 7.47. The van der Waals surface area contributed by atoms with Crippen LogP contribution in [0, 0.1) is 13.8 Å². The highest BCUT2D eigenvalue weighted by Crippen LogP contribution is 2.29. The Hall–Kier alpha value is -2.16. The topological polar surface area (TPSA) is 38.5 Å². The second-order valence-electron chi connectivity index (χ2n) is 5.74. The van der Waals surface area contributed by atoms with Crippen molar-refractivity contribution in [3.05, 3.63) is 53.1 Å². The first-order valence-corrected chi connectivity index (χ1v) is 7.47. The van der Waals surface area contributed by atoms with E-state index < -0.39 is 0 Å². The zero-order valence-corrected chi connectivity index (χ0v) is 12.7. The fraction of sp³-hybridized carbons (Fsp3) is 0.333. The summed E-state index contributed by atoms with van der Waals surface area (Å²) in [5, 5.41) is 0. The maximum atomic E-state index is 5.95. The van der Waals surface area contributed by atoms with Crippen molar-refractivity contribution < 1.29 is 4.74 Å². The van der Waals surface area contributed by atoms with Gasteiger partial charge in [0.05, 0.1) is 6.54 Å². The molecular formula is C18H22N2O. The Balaban J connectivity index is 1.62. The molecule has 110 valence electrons. The molecule has 0 spiro atoms. The van der Waals surface area contributed by atoms with Crippen molar-refractivity contribution >= 4 is 11.4 Å². The minimum atomic E-state index is 0.693. The largest absolute Gasteiger partial charge is 0.491 e. The van der Waals surface area contributed by atoms with Crippen molar-refractivity contribution in [1.29, 1.82) is 0 Å². The highest BCUT2D eigenvalue weighted by Gasteiger charge is 2.18. The van der Waals surface area contributed by atoms with Crippen LogP contribution < -0.4 is 15.4 Å². The van der Waals surface area contributed by atoms with E-state index in [-0.39, 0.29) is 0 Å². The third-order valence-corrected chi connectivity index (χ3v) is 4.06. The van der Waals surface area contributed by atoms with Crippen molar-refractivity contribution in [1.82, 2.24) is 0 Å². The smallest absolute Gasteiger partial charge is 0.122 e. The Morgan fingerprint density at radius 3 is 2.86 bits per heavy atom. The molecule has 21 heavy (non-hydrogen) atoms. The van der Waals surface area contributed by atoms with Gasteiger partial charge in [-0.25, -0.2) is 0 Å². The molecule has 2 N–H and O–H groups in total. The third-order valence-electron chi connectivity index (χ3n) is 4.06. The number of ether oxygens (including phenoxy) is 1. The van der Waals surface area contributed by atoms with Gasteiger partial charge in [0.1, 0.15) is 12.4 Å². The van der Waals surface area contributed by atoms with Gasteiger partial charge in [-0.3, -0.25) is 0 Å². The van der Waals surface area contributed by atoms with Crippen LogP contribution in [0.3, 0.4) is 0 Å². The van der Waals surface area contributed by atoms with Gasteiger partial charge in [-0.2, -0.15) is 0 Å². The number of aryl methyl sites for hydroxylation is 2. The summed E-state index contributed by atoms with van der Waals surface area (Å²) in [6.45, 7) is 6.81. The Morgan fingerprint density at radius 1 is 1.14 bits per heavy atom. The van der Waals surface area contributed by atoms with Gasteiger partial charge in [-0.15, -0.1) is 0 Å². The van der Waals surface area contributed by atoms with Crippen LogP contribution in [0.15, 0.2) is 36.4 Å². The van der Waals surface area contributed by atoms with Gasteiger partial charge in [0.15, 0.2) is 0 Å². The molecule has 3 rings (SSSR count). The summed E-state index contributed by atoms with van der Waals surface area (Å²) in [5.41, 5.74) is 11.8. The van der Waals surface area contributed by atoms with E-state index in [0.29, 0.717) is 6.61 Å². The minimum Gasteiger partial charge on any atom is -0.491 e. The molecule has 1 heterocycles. The Morgan fingerprint density at radius 2 is 2.00 bits per heavy atom. The molecule has 1 aliphatic rings. The number of nitrogens with zero attached hydrogens (tertiary/aromatic N) is 1. The number of rotatable bonds is 4. The van der Waals surface area contributed by atoms with Crippen LogP contribution in [0.4, 0.5) is 11.4 Å². The molecule has 0 unspecified atom stereocenters. The predicted molar refractivity (Wildman–Crippen MR) is 88.2 cm³/mol. The van der Waals surface area contributed by atoms with E-state index in [2.05, 4.69) is 49.1 Å². The summed E-state index contributed by atoms with van der Waals surface area (Å²) in [7, 11) is 0. The molecule has 0 amide bonds. The molecule has 0 atom stereocenters. The number of benzene rings is 2. The molecule has 1 aliphatic heterocycles. The van der Waals surface area contributed by atoms with Crippen LogP contribution in [-0.2, 0) is 6.42 Å². The average molecular weight is 282 g/mol. The van der Waals surface area contributed by atoms with Gasteiger partial charge in [-0.1, -0.05) is 18.2 Å². The normalized spacial score (nSPS) is 13.3. The summed E-state index contributed by atoms with van der Waals surface area (Å²) in [4.78, 5) is 2.36. The van der Waals surface area contributed by atoms with E-state index in [1.54, 1.807) is 0 Å². The van der Waals surface area contributed by atoms with E-state index in [1.165, 1.54) is 22.4 Å². The average Bonchev–Trinajstić information content (AvgIpc) is 2.85. The third kappa shape index (κ3) is 2.97. The van der Waals surface area contributed by atoms with E-state index in [0.717, 1.165) is 30.9 Å². The molecule has 0 fully saturated rings. The number of hydrogen-bond acceptors (Lipinski definition) is 3. The Labute approximate surface area is 126 Å². The van der Waals surface area contributed by atoms with Crippen LogP contribution >= 0.6 is 0 Å². The van der Waals surface area contributed by atoms with E-state index in [9.17, 15) is 0 Å². The number of nitrogen functional groups attached to an aromatic ring is 1. The van der Waals surface area contributed by atoms with E-state index in [4.69, 9.17) is 10.5 Å². The lowest BCUT2D eigenvalue weighted by atomic mass is 10.1. The Kier molecular flexibility index (Phi) is 3.74. The molecule has 0 bridgehead atoms. The fourth-order valence-corrected chi connectivity index (χ4v) is 2.82. The van der Waals surface area contributed by atoms with Gasteiger partial charge < -0.3 is 15.4 Å². The maximum absolute atomic E-state index is 5.95. The second kappa shape index (κ2) is 5.68. The van der Waals surface area contributed by atoms with Gasteiger partial charge in [-0.05, 0) is 55.2 Å². The van der Waals surface area contributed by atoms with Crippen molar-refractivity contribution in [3.8, 4) is 5.75 Å². The van der Waals surface area contributed by atoms with Crippen LogP contribution in [0.1, 0.15) is 16.7 Å². The Bertz CT molecular complexity index is 652. The number of hydrogen-bond donors (Lipinski definition) is 1. The molecule has 0 saturated carbocycles. The minimum absolute atomic E-state index is 0.693. The summed E-state index contributed by atoms with van der Waals surface area (Å²) < 4.78 is 5.95. The molecular weight excluding hydrogens is 260 g/mol. The van der Waals surface area contributed by atoms with Gasteiger partial charge >= 0.3 is 0 Å². The SMILES string of the molecule is Cc1ccc(C)c(OCCN2CCc3ccc(N)cc32)c1. The molecule has 0 aliphatic carbocycles. The standard InChI is InChI=1S/C18H22N2O/c1-13-3-4-14(2)18(11-13)21-10-9-20-8-7-15-5-6-16(19)12-17(15)20/h3-6,11-12H,7-10,19H2,1-2H3. The first kappa shape index (κ1) is 13.8. The molecule has 2 aromatic rings. The maximum Gasteiger partial charge on any atom is 0.122 e. The van der Waals surface area contributed by atoms with Crippen LogP contribution in [0.25, 0.3) is 0 Å². The highest BCUT2D eigenvalue weighted by atomic mass is 16.5. The molecule has 2 aromatic carbocycles. The monoisotopic (exact) mass is 282 g/mol. The molecule has 3 heteroatoms. The van der Waals surface area contributed by atoms with Gasteiger partial charge in [0, 0.05) is 17.9 Å². The lowest BCUT2D eigenvalue weighted by molar-refractivity contribution is 0.322. The molecule has 0 aromatic heterocycles. The number of fused-ring (bicyclic) bond motifs is 1. The predicted octanol–water partition coefficient (Wildman–Crippen LogP) is 3.33. The summed E-state index contributed by atoms with van der Waals surface area (Å²) in [6, 6.07) is 12.5. The first-order chi connectivity index (χ1) is 10.1. The van der Waals surface area contributed by atoms with Crippen LogP contribution in [-0.4, -0.2) is 19.7 Å². The summed E-state index contributed by atoms with van der Waals surface area (Å²) in [5.74, 6) is 0.988. The van der Waals surface area contributed by atoms with Crippen LogP contribution in [0.2, 0.25) is 0 Å². The number of nitrogens with two attached hydrogens (primary N) is 1. The summed E-state index contributed by atoms with van der Waals surface area (Å²) >= 11 is 0. The van der Waals surface area contributed by atoms with Crippen molar-refractivity contribution in [2.75, 3.05) is 30.3 Å². The number of anilines is 2. The van der Waals surface area contributed by atoms with Crippen LogP contribution in [0.5, 0.6) is 5.75 Å². The zero-order chi connectivity index (χ0) is 14.8. The van der Waals surface area contributed by atoms with Crippen molar-refractivity contribution in [3.63, 3.8) is 0 Å².